The summed E-state index contributed by atoms with van der Waals surface area (Å²) in [6.07, 6.45) is 36.8. The van der Waals surface area contributed by atoms with Crippen LogP contribution in [0.4, 0.5) is 0 Å². The highest BCUT2D eigenvalue weighted by Crippen LogP contribution is 2.39. The first-order chi connectivity index (χ1) is 50.4. The van der Waals surface area contributed by atoms with E-state index in [1.54, 1.807) is 6.08 Å². The number of hydrogen-bond donors (Lipinski definition) is 14. The van der Waals surface area contributed by atoms with Gasteiger partial charge in [-0.15, -0.1) is 0 Å². The van der Waals surface area contributed by atoms with Crippen molar-refractivity contribution in [1.82, 2.24) is 10.6 Å². The lowest BCUT2D eigenvalue weighted by molar-refractivity contribution is -0.386. The van der Waals surface area contributed by atoms with Gasteiger partial charge >= 0.3 is 5.97 Å². The van der Waals surface area contributed by atoms with Crippen molar-refractivity contribution in [3.8, 4) is 0 Å². The number of aliphatic hydroxyl groups excluding tert-OH is 11. The van der Waals surface area contributed by atoms with Crippen LogP contribution in [0.5, 0.6) is 0 Å². The van der Waals surface area contributed by atoms with Crippen molar-refractivity contribution >= 4 is 17.8 Å². The van der Waals surface area contributed by atoms with Crippen molar-refractivity contribution in [3.63, 3.8) is 0 Å². The molecule has 0 aliphatic carbocycles. The highest BCUT2D eigenvalue weighted by Gasteiger charge is 2.60. The van der Waals surface area contributed by atoms with Crippen LogP contribution < -0.4 is 10.6 Å². The van der Waals surface area contributed by atoms with Gasteiger partial charge in [0.2, 0.25) is 11.8 Å². The Hall–Kier alpha value is -2.53. The predicted octanol–water partition coefficient (Wildman–Crippen LogP) is 11.7. The molecule has 0 spiro atoms. The standard InChI is InChI=1S/C81H152N2O21/c1-4-6-8-10-12-14-16-18-20-22-24-26-27-28-29-30-31-32-33-34-35-37-39-41-43-45-47-49-51-53-55-68(91)83-62(63(88)54-52-50-48-46-44-42-40-38-36-25-23-21-19-17-15-13-11-9-7-5-2)60-99-78-73(95)72(94)75(67(59-86)101-78)102-79-74(96)77(71(93)66(58-85)100-79)104-81(80(97)98)56-64(89)69(82-61(3)87)76(103-81)70(92)65(90)57-84/h52,54,62-67,69-79,84-86,88-90,92-96H,4-51,53,55-60H2,1-3H3,(H,82,87)(H,83,91)(H,97,98)/b54-52+. The van der Waals surface area contributed by atoms with E-state index in [9.17, 15) is 75.7 Å². The van der Waals surface area contributed by atoms with E-state index in [4.69, 9.17) is 28.4 Å². The third kappa shape index (κ3) is 39.9. The average Bonchev–Trinajstić information content (AvgIpc) is 0.754. The van der Waals surface area contributed by atoms with E-state index in [0.717, 1.165) is 51.9 Å². The van der Waals surface area contributed by atoms with Gasteiger partial charge in [-0.2, -0.15) is 0 Å². The summed E-state index contributed by atoms with van der Waals surface area (Å²) in [7, 11) is 0. The minimum atomic E-state index is -3.08. The van der Waals surface area contributed by atoms with E-state index in [-0.39, 0.29) is 12.3 Å². The number of unbranched alkanes of at least 4 members (excludes halogenated alkanes) is 47. The van der Waals surface area contributed by atoms with E-state index in [1.807, 2.05) is 6.08 Å². The van der Waals surface area contributed by atoms with Crippen molar-refractivity contribution in [2.75, 3.05) is 26.4 Å². The second kappa shape index (κ2) is 60.2. The average molecular weight is 1490 g/mol. The van der Waals surface area contributed by atoms with Crippen LogP contribution in [-0.4, -0.2) is 215 Å². The first-order valence-electron chi connectivity index (χ1n) is 42.1. The highest BCUT2D eigenvalue weighted by molar-refractivity contribution is 5.77. The molecule has 18 atom stereocenters. The Labute approximate surface area is 626 Å². The number of rotatable bonds is 67. The van der Waals surface area contributed by atoms with Gasteiger partial charge in [0.05, 0.1) is 50.7 Å². The van der Waals surface area contributed by atoms with Gasteiger partial charge in [-0.1, -0.05) is 321 Å². The zero-order valence-corrected chi connectivity index (χ0v) is 64.9. The monoisotopic (exact) mass is 1490 g/mol. The number of aliphatic carboxylic acids is 1. The molecular weight excluding hydrogens is 1340 g/mol. The van der Waals surface area contributed by atoms with E-state index in [1.165, 1.54) is 257 Å². The second-order valence-corrected chi connectivity index (χ2v) is 30.7. The Morgan fingerprint density at radius 3 is 1.28 bits per heavy atom. The molecule has 612 valence electrons. The second-order valence-electron chi connectivity index (χ2n) is 30.7. The van der Waals surface area contributed by atoms with Crippen LogP contribution in [-0.2, 0) is 42.8 Å². The maximum atomic E-state index is 13.6. The first kappa shape index (κ1) is 95.7. The number of amides is 2. The van der Waals surface area contributed by atoms with Gasteiger partial charge in [0, 0.05) is 19.8 Å². The van der Waals surface area contributed by atoms with Crippen LogP contribution in [0.3, 0.4) is 0 Å². The molecule has 0 bridgehead atoms. The number of aliphatic hydroxyl groups is 11. The fourth-order valence-electron chi connectivity index (χ4n) is 14.8. The summed E-state index contributed by atoms with van der Waals surface area (Å²) < 4.78 is 34.9. The summed E-state index contributed by atoms with van der Waals surface area (Å²) in [5.41, 5.74) is 0. The van der Waals surface area contributed by atoms with Gasteiger partial charge in [0.25, 0.3) is 5.79 Å². The van der Waals surface area contributed by atoms with Crippen LogP contribution in [0.2, 0.25) is 0 Å². The van der Waals surface area contributed by atoms with Gasteiger partial charge in [-0.05, 0) is 19.3 Å². The van der Waals surface area contributed by atoms with E-state index in [2.05, 4.69) is 24.5 Å². The summed E-state index contributed by atoms with van der Waals surface area (Å²) in [6.45, 7) is 2.20. The molecule has 0 saturated carbocycles. The molecule has 23 heteroatoms. The number of carboxylic acid groups (broad SMARTS) is 1. The minimum Gasteiger partial charge on any atom is -0.477 e. The Morgan fingerprint density at radius 2 is 0.894 bits per heavy atom. The Bertz CT molecular complexity index is 2120. The van der Waals surface area contributed by atoms with Crippen LogP contribution in [0.25, 0.3) is 0 Å². The summed E-state index contributed by atoms with van der Waals surface area (Å²) in [4.78, 5) is 38.7. The predicted molar refractivity (Wildman–Crippen MR) is 403 cm³/mol. The van der Waals surface area contributed by atoms with Crippen LogP contribution in [0.15, 0.2) is 12.2 Å². The largest absolute Gasteiger partial charge is 0.477 e. The fourth-order valence-corrected chi connectivity index (χ4v) is 14.8. The van der Waals surface area contributed by atoms with Crippen molar-refractivity contribution < 1.29 is 104 Å². The van der Waals surface area contributed by atoms with E-state index < -0.39 is 155 Å². The summed E-state index contributed by atoms with van der Waals surface area (Å²) >= 11 is 0. The molecule has 18 unspecified atom stereocenters. The quantitative estimate of drug-likeness (QED) is 0.0199. The van der Waals surface area contributed by atoms with E-state index in [0.29, 0.717) is 12.8 Å². The first-order valence-corrected chi connectivity index (χ1v) is 42.1. The smallest absolute Gasteiger partial charge is 0.364 e. The molecule has 2 amide bonds. The zero-order valence-electron chi connectivity index (χ0n) is 64.9. The molecule has 3 fully saturated rings. The summed E-state index contributed by atoms with van der Waals surface area (Å²) in [5, 5.41) is 136. The number of hydrogen-bond acceptors (Lipinski definition) is 20. The molecule has 104 heavy (non-hydrogen) atoms. The molecule has 23 nitrogen and oxygen atoms in total. The number of ether oxygens (including phenoxy) is 6. The van der Waals surface area contributed by atoms with Crippen LogP contribution in [0.1, 0.15) is 348 Å². The molecule has 0 aromatic heterocycles. The number of allylic oxidation sites excluding steroid dienone is 1. The van der Waals surface area contributed by atoms with Crippen LogP contribution in [0, 0.1) is 0 Å². The fraction of sp³-hybridized carbons (Fsp3) is 0.938. The third-order valence-electron chi connectivity index (χ3n) is 21.5. The lowest BCUT2D eigenvalue weighted by Crippen LogP contribution is -2.70. The molecule has 14 N–H and O–H groups in total. The Balaban J connectivity index is 1.48. The molecule has 3 heterocycles. The van der Waals surface area contributed by atoms with E-state index >= 15 is 0 Å². The molecule has 3 aliphatic heterocycles. The van der Waals surface area contributed by atoms with Gasteiger partial charge < -0.3 is 100 Å². The SMILES string of the molecule is CCCCCCCCCCCCCCCCCCCC/C=C/C(O)C(COC1OC(CO)C(OC2OC(CO)C(O)C(OC3(C(=O)O)CC(O)C(NC(C)=O)C(C(O)C(O)CO)O3)C2O)C(O)C1O)NC(=O)CCCCCCCCCCCCCCCCCCCCCCCCCCCCCCCC. The van der Waals surface area contributed by atoms with Crippen molar-refractivity contribution in [1.29, 1.82) is 0 Å². The number of carbonyl (C=O) groups is 3. The number of nitrogens with one attached hydrogen (secondary N) is 2. The number of carbonyl (C=O) groups excluding carboxylic acids is 2. The minimum absolute atomic E-state index is 0.206. The summed E-state index contributed by atoms with van der Waals surface area (Å²) in [6, 6.07) is -2.62. The van der Waals surface area contributed by atoms with Crippen molar-refractivity contribution in [2.45, 2.75) is 458 Å². The van der Waals surface area contributed by atoms with Gasteiger partial charge in [0.15, 0.2) is 12.6 Å². The van der Waals surface area contributed by atoms with Gasteiger partial charge in [0.1, 0.15) is 67.1 Å². The topological polar surface area (TPSA) is 373 Å². The molecule has 0 aromatic rings. The van der Waals surface area contributed by atoms with Crippen molar-refractivity contribution in [3.05, 3.63) is 12.2 Å². The maximum Gasteiger partial charge on any atom is 0.364 e. The molecular formula is C81H152N2O21. The van der Waals surface area contributed by atoms with Gasteiger partial charge in [-0.3, -0.25) is 9.59 Å². The molecule has 0 aromatic carbocycles. The van der Waals surface area contributed by atoms with Crippen LogP contribution >= 0.6 is 0 Å². The Kier molecular flexibility index (Phi) is 55.4. The lowest BCUT2D eigenvalue weighted by atomic mass is 9.88. The third-order valence-corrected chi connectivity index (χ3v) is 21.5. The number of carboxylic acids is 1. The molecule has 3 aliphatic rings. The molecule has 0 radical (unpaired) electrons. The lowest BCUT2D eigenvalue weighted by Gasteiger charge is -2.50. The zero-order chi connectivity index (χ0) is 76.0. The normalized spacial score (nSPS) is 26.4. The van der Waals surface area contributed by atoms with Gasteiger partial charge in [-0.25, -0.2) is 4.79 Å². The maximum absolute atomic E-state index is 13.6. The Morgan fingerprint density at radius 1 is 0.500 bits per heavy atom. The molecule has 3 rings (SSSR count). The highest BCUT2D eigenvalue weighted by atomic mass is 16.8. The molecule has 3 saturated heterocycles. The summed E-state index contributed by atoms with van der Waals surface area (Å²) in [5.74, 6) is -6.13. The van der Waals surface area contributed by atoms with Crippen molar-refractivity contribution in [2.24, 2.45) is 0 Å².